The first-order valence-electron chi connectivity index (χ1n) is 12.0. The van der Waals surface area contributed by atoms with Crippen LogP contribution in [0.25, 0.3) is 11.1 Å². The summed E-state index contributed by atoms with van der Waals surface area (Å²) in [5.41, 5.74) is 2.23. The SMILES string of the molecule is CCc1ccc2n(c1=O)[C@@H](Cc1cccc(-c3cccc(F)c3)c1F)[C@@H](NC(=O)C(=O)N(C)C)CC2. The lowest BCUT2D eigenvalue weighted by Gasteiger charge is -2.36. The Morgan fingerprint density at radius 3 is 2.50 bits per heavy atom. The Balaban J connectivity index is 1.77. The molecule has 0 unspecified atom stereocenters. The van der Waals surface area contributed by atoms with Crippen molar-refractivity contribution in [3.8, 4) is 11.1 Å². The number of aryl methyl sites for hydroxylation is 2. The van der Waals surface area contributed by atoms with Gasteiger partial charge in [0.25, 0.3) is 5.56 Å². The third-order valence-electron chi connectivity index (χ3n) is 6.73. The van der Waals surface area contributed by atoms with Crippen LogP contribution in [-0.4, -0.2) is 41.4 Å². The number of hydrogen-bond acceptors (Lipinski definition) is 3. The van der Waals surface area contributed by atoms with Crippen LogP contribution in [0.2, 0.25) is 0 Å². The minimum absolute atomic E-state index is 0.107. The fourth-order valence-electron chi connectivity index (χ4n) is 4.82. The predicted octanol–water partition coefficient (Wildman–Crippen LogP) is 3.66. The first kappa shape index (κ1) is 25.3. The number of nitrogens with zero attached hydrogens (tertiary/aromatic N) is 2. The van der Waals surface area contributed by atoms with Crippen LogP contribution in [0.4, 0.5) is 8.78 Å². The number of pyridine rings is 1. The summed E-state index contributed by atoms with van der Waals surface area (Å²) in [6.45, 7) is 1.89. The van der Waals surface area contributed by atoms with E-state index < -0.39 is 35.5 Å². The maximum Gasteiger partial charge on any atom is 0.311 e. The molecular weight excluding hydrogens is 464 g/mol. The lowest BCUT2D eigenvalue weighted by Crippen LogP contribution is -2.52. The van der Waals surface area contributed by atoms with Gasteiger partial charge in [-0.2, -0.15) is 0 Å². The number of fused-ring (bicyclic) bond motifs is 1. The number of carbonyl (C=O) groups excluding carboxylic acids is 2. The van der Waals surface area contributed by atoms with Gasteiger partial charge in [0.2, 0.25) is 0 Å². The zero-order chi connectivity index (χ0) is 26.0. The number of carbonyl (C=O) groups is 2. The third kappa shape index (κ3) is 4.94. The van der Waals surface area contributed by atoms with Gasteiger partial charge in [0.1, 0.15) is 11.6 Å². The third-order valence-corrected chi connectivity index (χ3v) is 6.73. The maximum atomic E-state index is 15.7. The first-order valence-corrected chi connectivity index (χ1v) is 12.0. The van der Waals surface area contributed by atoms with E-state index in [1.807, 2.05) is 19.1 Å². The van der Waals surface area contributed by atoms with E-state index in [0.29, 0.717) is 36.0 Å². The molecule has 0 fully saturated rings. The largest absolute Gasteiger partial charge is 0.343 e. The molecule has 1 aliphatic heterocycles. The Bertz CT molecular complexity index is 1370. The molecule has 2 atom stereocenters. The van der Waals surface area contributed by atoms with Crippen molar-refractivity contribution in [1.82, 2.24) is 14.8 Å². The van der Waals surface area contributed by atoms with Crippen molar-refractivity contribution >= 4 is 11.8 Å². The minimum atomic E-state index is -0.771. The average molecular weight is 494 g/mol. The number of halogens is 2. The van der Waals surface area contributed by atoms with E-state index in [1.54, 1.807) is 28.8 Å². The Morgan fingerprint density at radius 1 is 1.06 bits per heavy atom. The number of hydrogen-bond donors (Lipinski definition) is 1. The second kappa shape index (κ2) is 10.4. The Hall–Kier alpha value is -3.81. The number of likely N-dealkylation sites (N-methyl/N-ethyl adjacent to an activating group) is 1. The molecule has 0 saturated carbocycles. The van der Waals surface area contributed by atoms with Gasteiger partial charge in [0.05, 0.1) is 12.1 Å². The van der Waals surface area contributed by atoms with Crippen LogP contribution in [0.3, 0.4) is 0 Å². The molecule has 8 heteroatoms. The van der Waals surface area contributed by atoms with Gasteiger partial charge < -0.3 is 14.8 Å². The summed E-state index contributed by atoms with van der Waals surface area (Å²) in [6.07, 6.45) is 1.66. The monoisotopic (exact) mass is 493 g/mol. The molecule has 2 amide bonds. The predicted molar refractivity (Wildman–Crippen MR) is 134 cm³/mol. The Kier molecular flexibility index (Phi) is 7.33. The minimum Gasteiger partial charge on any atom is -0.343 e. The standard InChI is InChI=1S/C28H29F2N3O3/c1-4-17-11-12-21-13-14-23(31-26(34)28(36)32(2)3)24(33(21)27(17)35)16-19-8-6-10-22(25(19)30)18-7-5-9-20(29)15-18/h5-12,15,23-24H,4,13-14,16H2,1-3H3,(H,31,34)/t23-,24-/m0/s1. The van der Waals surface area contributed by atoms with E-state index in [4.69, 9.17) is 0 Å². The highest BCUT2D eigenvalue weighted by molar-refractivity contribution is 6.34. The molecule has 0 spiro atoms. The normalized spacial score (nSPS) is 16.8. The second-order valence-corrected chi connectivity index (χ2v) is 9.26. The number of rotatable bonds is 5. The number of aromatic nitrogens is 1. The van der Waals surface area contributed by atoms with Gasteiger partial charge >= 0.3 is 11.8 Å². The average Bonchev–Trinajstić information content (AvgIpc) is 2.86. The maximum absolute atomic E-state index is 15.7. The summed E-state index contributed by atoms with van der Waals surface area (Å²) in [5, 5.41) is 2.79. The zero-order valence-electron chi connectivity index (χ0n) is 20.6. The highest BCUT2D eigenvalue weighted by Gasteiger charge is 2.34. The Morgan fingerprint density at radius 2 is 1.81 bits per heavy atom. The smallest absolute Gasteiger partial charge is 0.311 e. The van der Waals surface area contributed by atoms with Crippen LogP contribution < -0.4 is 10.9 Å². The van der Waals surface area contributed by atoms with E-state index in [-0.39, 0.29) is 17.5 Å². The fourth-order valence-corrected chi connectivity index (χ4v) is 4.82. The van der Waals surface area contributed by atoms with Crippen molar-refractivity contribution in [3.63, 3.8) is 0 Å². The van der Waals surface area contributed by atoms with Crippen molar-refractivity contribution in [1.29, 1.82) is 0 Å². The van der Waals surface area contributed by atoms with E-state index in [2.05, 4.69) is 5.32 Å². The molecule has 1 N–H and O–H groups in total. The summed E-state index contributed by atoms with van der Waals surface area (Å²) in [7, 11) is 2.97. The highest BCUT2D eigenvalue weighted by atomic mass is 19.1. The summed E-state index contributed by atoms with van der Waals surface area (Å²) in [6, 6.07) is 13.2. The van der Waals surface area contributed by atoms with E-state index in [1.165, 1.54) is 37.2 Å². The van der Waals surface area contributed by atoms with E-state index in [0.717, 1.165) is 5.69 Å². The van der Waals surface area contributed by atoms with Crippen molar-refractivity contribution in [2.75, 3.05) is 14.1 Å². The van der Waals surface area contributed by atoms with Crippen molar-refractivity contribution < 1.29 is 18.4 Å². The molecular formula is C28H29F2N3O3. The van der Waals surface area contributed by atoms with Crippen LogP contribution in [0.1, 0.15) is 36.2 Å². The zero-order valence-corrected chi connectivity index (χ0v) is 20.6. The fraction of sp³-hybridized carbons (Fsp3) is 0.321. The molecule has 1 aliphatic rings. The van der Waals surface area contributed by atoms with Gasteiger partial charge in [0.15, 0.2) is 0 Å². The van der Waals surface area contributed by atoms with Crippen molar-refractivity contribution in [2.45, 2.75) is 44.7 Å². The van der Waals surface area contributed by atoms with Crippen LogP contribution in [0.15, 0.2) is 59.4 Å². The molecule has 2 heterocycles. The lowest BCUT2D eigenvalue weighted by molar-refractivity contribution is -0.144. The molecule has 1 aromatic heterocycles. The van der Waals surface area contributed by atoms with Crippen molar-refractivity contribution in [3.05, 3.63) is 93.4 Å². The summed E-state index contributed by atoms with van der Waals surface area (Å²) in [4.78, 5) is 39.4. The van der Waals surface area contributed by atoms with Gasteiger partial charge in [-0.1, -0.05) is 43.3 Å². The molecule has 4 rings (SSSR count). The van der Waals surface area contributed by atoms with Gasteiger partial charge in [-0.05, 0) is 55.0 Å². The first-order chi connectivity index (χ1) is 17.2. The summed E-state index contributed by atoms with van der Waals surface area (Å²) >= 11 is 0. The van der Waals surface area contributed by atoms with Crippen molar-refractivity contribution in [2.24, 2.45) is 0 Å². The summed E-state index contributed by atoms with van der Waals surface area (Å²) in [5.74, 6) is -2.45. The van der Waals surface area contributed by atoms with Crippen LogP contribution >= 0.6 is 0 Å². The number of amides is 2. The molecule has 0 saturated heterocycles. The quantitative estimate of drug-likeness (QED) is 0.552. The van der Waals surface area contributed by atoms with Gasteiger partial charge in [0, 0.05) is 30.9 Å². The second-order valence-electron chi connectivity index (χ2n) is 9.26. The van der Waals surface area contributed by atoms with Gasteiger partial charge in [-0.3, -0.25) is 14.4 Å². The lowest BCUT2D eigenvalue weighted by atomic mass is 9.89. The Labute approximate surface area is 208 Å². The van der Waals surface area contributed by atoms with Crippen LogP contribution in [0.5, 0.6) is 0 Å². The highest BCUT2D eigenvalue weighted by Crippen LogP contribution is 2.31. The molecule has 3 aromatic rings. The molecule has 2 aromatic carbocycles. The number of benzene rings is 2. The molecule has 0 aliphatic carbocycles. The van der Waals surface area contributed by atoms with Crippen LogP contribution in [0, 0.1) is 11.6 Å². The van der Waals surface area contributed by atoms with Gasteiger partial charge in [-0.25, -0.2) is 8.78 Å². The molecule has 0 bridgehead atoms. The topological polar surface area (TPSA) is 71.4 Å². The summed E-state index contributed by atoms with van der Waals surface area (Å²) < 4.78 is 31.2. The molecule has 36 heavy (non-hydrogen) atoms. The van der Waals surface area contributed by atoms with Gasteiger partial charge in [-0.15, -0.1) is 0 Å². The van der Waals surface area contributed by atoms with E-state index >= 15 is 4.39 Å². The number of nitrogens with one attached hydrogen (secondary N) is 1. The molecule has 6 nitrogen and oxygen atoms in total. The molecule has 0 radical (unpaired) electrons. The molecule has 188 valence electrons. The van der Waals surface area contributed by atoms with E-state index in [9.17, 15) is 18.8 Å². The van der Waals surface area contributed by atoms with Crippen LogP contribution in [-0.2, 0) is 28.9 Å².